The average Bonchev–Trinajstić information content (AvgIpc) is 2.76. The fourth-order valence-corrected chi connectivity index (χ4v) is 2.60. The van der Waals surface area contributed by atoms with Gasteiger partial charge in [-0.05, 0) is 48.5 Å². The van der Waals surface area contributed by atoms with Gasteiger partial charge in [0, 0.05) is 16.7 Å². The van der Waals surface area contributed by atoms with Crippen molar-refractivity contribution in [1.29, 1.82) is 0 Å². The SMILES string of the molecule is COc1ccc(-c2ccc(OCCNC(=O)COc3cccc(Cl)c3)nn2)cc1. The van der Waals surface area contributed by atoms with E-state index in [1.54, 1.807) is 37.4 Å². The van der Waals surface area contributed by atoms with Crippen LogP contribution < -0.4 is 19.5 Å². The lowest BCUT2D eigenvalue weighted by atomic mass is 10.1. The summed E-state index contributed by atoms with van der Waals surface area (Å²) in [5.41, 5.74) is 1.66. The van der Waals surface area contributed by atoms with Crippen LogP contribution in [0.2, 0.25) is 5.02 Å². The highest BCUT2D eigenvalue weighted by Crippen LogP contribution is 2.21. The van der Waals surface area contributed by atoms with Crippen molar-refractivity contribution in [3.05, 3.63) is 65.7 Å². The van der Waals surface area contributed by atoms with E-state index in [1.807, 2.05) is 30.3 Å². The van der Waals surface area contributed by atoms with Crippen molar-refractivity contribution in [3.63, 3.8) is 0 Å². The molecule has 0 aliphatic rings. The number of ether oxygens (including phenoxy) is 3. The van der Waals surface area contributed by atoms with Crippen molar-refractivity contribution in [1.82, 2.24) is 15.5 Å². The predicted molar refractivity (Wildman–Crippen MR) is 109 cm³/mol. The van der Waals surface area contributed by atoms with E-state index in [2.05, 4.69) is 15.5 Å². The van der Waals surface area contributed by atoms with Gasteiger partial charge in [0.15, 0.2) is 6.61 Å². The zero-order valence-electron chi connectivity index (χ0n) is 15.8. The molecule has 8 heteroatoms. The van der Waals surface area contributed by atoms with Gasteiger partial charge in [0.2, 0.25) is 5.88 Å². The van der Waals surface area contributed by atoms with Gasteiger partial charge in [-0.1, -0.05) is 17.7 Å². The summed E-state index contributed by atoms with van der Waals surface area (Å²) < 4.78 is 16.0. The highest BCUT2D eigenvalue weighted by atomic mass is 35.5. The first-order chi connectivity index (χ1) is 14.1. The number of rotatable bonds is 9. The lowest BCUT2D eigenvalue weighted by Gasteiger charge is -2.09. The Morgan fingerprint density at radius 3 is 2.52 bits per heavy atom. The van der Waals surface area contributed by atoms with E-state index in [1.165, 1.54) is 0 Å². The molecule has 1 aromatic heterocycles. The van der Waals surface area contributed by atoms with Crippen molar-refractivity contribution in [2.75, 3.05) is 26.9 Å². The Balaban J connectivity index is 1.38. The molecule has 0 atom stereocenters. The lowest BCUT2D eigenvalue weighted by Crippen LogP contribution is -2.32. The zero-order valence-corrected chi connectivity index (χ0v) is 16.6. The summed E-state index contributed by atoms with van der Waals surface area (Å²) in [4.78, 5) is 11.8. The molecular formula is C21H20ClN3O4. The first-order valence-electron chi connectivity index (χ1n) is 8.90. The molecule has 0 aliphatic carbocycles. The molecule has 0 unspecified atom stereocenters. The van der Waals surface area contributed by atoms with Gasteiger partial charge in [0.05, 0.1) is 19.3 Å². The van der Waals surface area contributed by atoms with Gasteiger partial charge in [-0.25, -0.2) is 0 Å². The number of hydrogen-bond donors (Lipinski definition) is 1. The number of amides is 1. The van der Waals surface area contributed by atoms with Gasteiger partial charge >= 0.3 is 0 Å². The fourth-order valence-electron chi connectivity index (χ4n) is 2.42. The Morgan fingerprint density at radius 2 is 1.83 bits per heavy atom. The number of nitrogens with one attached hydrogen (secondary N) is 1. The minimum absolute atomic E-state index is 0.100. The van der Waals surface area contributed by atoms with Crippen molar-refractivity contribution in [2.24, 2.45) is 0 Å². The topological polar surface area (TPSA) is 82.6 Å². The molecule has 7 nitrogen and oxygen atoms in total. The van der Waals surface area contributed by atoms with E-state index in [0.717, 1.165) is 17.0 Å². The second-order valence-electron chi connectivity index (χ2n) is 5.93. The largest absolute Gasteiger partial charge is 0.497 e. The van der Waals surface area contributed by atoms with Crippen LogP contribution in [0.3, 0.4) is 0 Å². The van der Waals surface area contributed by atoms with Crippen molar-refractivity contribution >= 4 is 17.5 Å². The monoisotopic (exact) mass is 413 g/mol. The number of carbonyl (C=O) groups excluding carboxylic acids is 1. The molecule has 0 radical (unpaired) electrons. The third-order valence-electron chi connectivity index (χ3n) is 3.87. The molecule has 1 N–H and O–H groups in total. The van der Waals surface area contributed by atoms with E-state index in [9.17, 15) is 4.79 Å². The molecule has 150 valence electrons. The average molecular weight is 414 g/mol. The normalized spacial score (nSPS) is 10.3. The smallest absolute Gasteiger partial charge is 0.258 e. The van der Waals surface area contributed by atoms with Gasteiger partial charge in [0.1, 0.15) is 18.1 Å². The summed E-state index contributed by atoms with van der Waals surface area (Å²) in [6.45, 7) is 0.482. The van der Waals surface area contributed by atoms with Gasteiger partial charge < -0.3 is 19.5 Å². The Morgan fingerprint density at radius 1 is 1.00 bits per heavy atom. The summed E-state index contributed by atoms with van der Waals surface area (Å²) >= 11 is 5.86. The van der Waals surface area contributed by atoms with Crippen LogP contribution in [-0.2, 0) is 4.79 Å². The summed E-state index contributed by atoms with van der Waals surface area (Å²) in [5.74, 6) is 1.44. The van der Waals surface area contributed by atoms with Gasteiger partial charge in [0.25, 0.3) is 5.91 Å². The second kappa shape index (κ2) is 10.3. The number of methoxy groups -OCH3 is 1. The molecule has 0 bridgehead atoms. The van der Waals surface area contributed by atoms with Crippen molar-refractivity contribution < 1.29 is 19.0 Å². The number of halogens is 1. The Kier molecular flexibility index (Phi) is 7.24. The summed E-state index contributed by atoms with van der Waals surface area (Å²) in [7, 11) is 1.62. The van der Waals surface area contributed by atoms with Gasteiger partial charge in [-0.15, -0.1) is 10.2 Å². The lowest BCUT2D eigenvalue weighted by molar-refractivity contribution is -0.123. The van der Waals surface area contributed by atoms with Crippen LogP contribution >= 0.6 is 11.6 Å². The minimum Gasteiger partial charge on any atom is -0.497 e. The van der Waals surface area contributed by atoms with Crippen molar-refractivity contribution in [3.8, 4) is 28.6 Å². The number of carbonyl (C=O) groups is 1. The molecule has 1 heterocycles. The second-order valence-corrected chi connectivity index (χ2v) is 6.37. The van der Waals surface area contributed by atoms with Crippen molar-refractivity contribution in [2.45, 2.75) is 0 Å². The van der Waals surface area contributed by atoms with E-state index < -0.39 is 0 Å². The predicted octanol–water partition coefficient (Wildman–Crippen LogP) is 3.38. The third kappa shape index (κ3) is 6.36. The molecule has 0 saturated carbocycles. The summed E-state index contributed by atoms with van der Waals surface area (Å²) in [6.07, 6.45) is 0. The summed E-state index contributed by atoms with van der Waals surface area (Å²) in [5, 5.41) is 11.5. The molecular weight excluding hydrogens is 394 g/mol. The molecule has 3 rings (SSSR count). The highest BCUT2D eigenvalue weighted by Gasteiger charge is 2.05. The molecule has 0 saturated heterocycles. The maximum Gasteiger partial charge on any atom is 0.258 e. The van der Waals surface area contributed by atoms with Crippen LogP contribution in [-0.4, -0.2) is 43.0 Å². The van der Waals surface area contributed by atoms with E-state index >= 15 is 0 Å². The first-order valence-corrected chi connectivity index (χ1v) is 9.28. The summed E-state index contributed by atoms with van der Waals surface area (Å²) in [6, 6.07) is 18.0. The maximum absolute atomic E-state index is 11.8. The van der Waals surface area contributed by atoms with Crippen LogP contribution in [0.15, 0.2) is 60.7 Å². The maximum atomic E-state index is 11.8. The molecule has 29 heavy (non-hydrogen) atoms. The van der Waals surface area contributed by atoms with Crippen LogP contribution in [0.4, 0.5) is 0 Å². The number of benzene rings is 2. The quantitative estimate of drug-likeness (QED) is 0.541. The molecule has 1 amide bonds. The number of nitrogens with zero attached hydrogens (tertiary/aromatic N) is 2. The van der Waals surface area contributed by atoms with Crippen LogP contribution in [0.25, 0.3) is 11.3 Å². The third-order valence-corrected chi connectivity index (χ3v) is 4.10. The standard InChI is InChI=1S/C21H20ClN3O4/c1-27-17-7-5-15(6-8-17)19-9-10-21(25-24-19)28-12-11-23-20(26)14-29-18-4-2-3-16(22)13-18/h2-10,13H,11-12,14H2,1H3,(H,23,26). The van der Waals surface area contributed by atoms with Crippen LogP contribution in [0.1, 0.15) is 0 Å². The highest BCUT2D eigenvalue weighted by molar-refractivity contribution is 6.30. The molecule has 2 aromatic carbocycles. The first kappa shape index (κ1) is 20.4. The fraction of sp³-hybridized carbons (Fsp3) is 0.190. The van der Waals surface area contributed by atoms with E-state index in [0.29, 0.717) is 23.2 Å². The molecule has 0 fully saturated rings. The Hall–Kier alpha value is -3.32. The zero-order chi connectivity index (χ0) is 20.5. The van der Waals surface area contributed by atoms with Gasteiger partial charge in [-0.3, -0.25) is 4.79 Å². The molecule has 3 aromatic rings. The molecule has 0 spiro atoms. The van der Waals surface area contributed by atoms with E-state index in [-0.39, 0.29) is 19.1 Å². The van der Waals surface area contributed by atoms with Gasteiger partial charge in [-0.2, -0.15) is 0 Å². The Labute approximate surface area is 173 Å². The molecule has 0 aliphatic heterocycles. The van der Waals surface area contributed by atoms with Crippen LogP contribution in [0, 0.1) is 0 Å². The van der Waals surface area contributed by atoms with Crippen LogP contribution in [0.5, 0.6) is 17.4 Å². The van der Waals surface area contributed by atoms with E-state index in [4.69, 9.17) is 25.8 Å². The Bertz CT molecular complexity index is 933. The number of hydrogen-bond acceptors (Lipinski definition) is 6. The minimum atomic E-state index is -0.255. The number of aromatic nitrogens is 2.